The topological polar surface area (TPSA) is 54.4 Å². The van der Waals surface area contributed by atoms with Gasteiger partial charge in [0.25, 0.3) is 6.43 Å². The van der Waals surface area contributed by atoms with Crippen molar-refractivity contribution in [1.82, 2.24) is 4.98 Å². The molecule has 6 heteroatoms. The van der Waals surface area contributed by atoms with Crippen molar-refractivity contribution >= 4 is 22.3 Å². The third kappa shape index (κ3) is 3.01. The van der Waals surface area contributed by atoms with Crippen LogP contribution in [0.1, 0.15) is 12.0 Å². The van der Waals surface area contributed by atoms with E-state index in [4.69, 9.17) is 4.74 Å². The van der Waals surface area contributed by atoms with Gasteiger partial charge in [0.05, 0.1) is 18.3 Å². The fourth-order valence-corrected chi connectivity index (χ4v) is 2.34. The van der Waals surface area contributed by atoms with Crippen molar-refractivity contribution in [3.05, 3.63) is 54.2 Å². The van der Waals surface area contributed by atoms with Crippen LogP contribution >= 0.6 is 0 Å². The number of hydrogen-bond donors (Lipinski definition) is 2. The number of methoxy groups -OCH3 is 1. The molecule has 118 valence electrons. The van der Waals surface area contributed by atoms with E-state index in [2.05, 4.69) is 10.3 Å². The molecule has 0 saturated carbocycles. The van der Waals surface area contributed by atoms with E-state index < -0.39 is 6.43 Å². The predicted octanol–water partition coefficient (Wildman–Crippen LogP) is 4.63. The van der Waals surface area contributed by atoms with Crippen LogP contribution in [0.25, 0.3) is 10.9 Å². The average Bonchev–Trinajstić information content (AvgIpc) is 2.56. The molecule has 3 rings (SSSR count). The fourth-order valence-electron chi connectivity index (χ4n) is 2.34. The number of anilines is 2. The number of benzene rings is 2. The monoisotopic (exact) mass is 316 g/mol. The van der Waals surface area contributed by atoms with Gasteiger partial charge in [0.2, 0.25) is 0 Å². The van der Waals surface area contributed by atoms with E-state index in [0.717, 1.165) is 0 Å². The second-order valence-electron chi connectivity index (χ2n) is 4.95. The highest BCUT2D eigenvalue weighted by Gasteiger charge is 2.11. The molecule has 0 radical (unpaired) electrons. The summed E-state index contributed by atoms with van der Waals surface area (Å²) in [4.78, 5) is 4.14. The Balaban J connectivity index is 2.04. The number of ether oxygens (including phenoxy) is 1. The number of fused-ring (bicyclic) bond motifs is 1. The molecule has 3 aromatic rings. The molecule has 0 fully saturated rings. The van der Waals surface area contributed by atoms with Gasteiger partial charge in [-0.3, -0.25) is 4.98 Å². The number of alkyl halides is 2. The standard InChI is InChI=1S/C17H14F2N2O2/c1-23-16-9-11(22)3-5-14(16)21-13-6-7-20-15-8-10(17(18)19)2-4-12(13)15/h2-9,17,22H,1H3,(H,20,21). The summed E-state index contributed by atoms with van der Waals surface area (Å²) >= 11 is 0. The van der Waals surface area contributed by atoms with E-state index in [-0.39, 0.29) is 11.3 Å². The van der Waals surface area contributed by atoms with Gasteiger partial charge in [-0.25, -0.2) is 8.78 Å². The lowest BCUT2D eigenvalue weighted by Crippen LogP contribution is -1.96. The highest BCUT2D eigenvalue weighted by molar-refractivity contribution is 5.93. The molecule has 23 heavy (non-hydrogen) atoms. The van der Waals surface area contributed by atoms with Crippen LogP contribution in [-0.4, -0.2) is 17.2 Å². The van der Waals surface area contributed by atoms with Gasteiger partial charge in [-0.1, -0.05) is 12.1 Å². The smallest absolute Gasteiger partial charge is 0.263 e. The van der Waals surface area contributed by atoms with Gasteiger partial charge >= 0.3 is 0 Å². The number of phenolic OH excluding ortho intramolecular Hbond substituents is 1. The fraction of sp³-hybridized carbons (Fsp3) is 0.118. The third-order valence-electron chi connectivity index (χ3n) is 3.47. The Kier molecular flexibility index (Phi) is 3.97. The Labute approximate surface area is 131 Å². The van der Waals surface area contributed by atoms with E-state index in [9.17, 15) is 13.9 Å². The van der Waals surface area contributed by atoms with Gasteiger partial charge < -0.3 is 15.2 Å². The predicted molar refractivity (Wildman–Crippen MR) is 84.6 cm³/mol. The van der Waals surface area contributed by atoms with Gasteiger partial charge in [-0.05, 0) is 24.3 Å². The molecule has 1 heterocycles. The maximum atomic E-state index is 12.8. The molecule has 2 aromatic carbocycles. The first-order valence-corrected chi connectivity index (χ1v) is 6.89. The summed E-state index contributed by atoms with van der Waals surface area (Å²) in [5.41, 5.74) is 1.77. The Hall–Kier alpha value is -2.89. The Morgan fingerprint density at radius 1 is 1.09 bits per heavy atom. The minimum absolute atomic E-state index is 0.0654. The highest BCUT2D eigenvalue weighted by atomic mass is 19.3. The molecule has 0 spiro atoms. The van der Waals surface area contributed by atoms with Crippen LogP contribution in [-0.2, 0) is 0 Å². The molecule has 0 saturated heterocycles. The molecule has 0 amide bonds. The van der Waals surface area contributed by atoms with Crippen LogP contribution in [0.5, 0.6) is 11.5 Å². The summed E-state index contributed by atoms with van der Waals surface area (Å²) in [6.45, 7) is 0. The Morgan fingerprint density at radius 3 is 2.65 bits per heavy atom. The van der Waals surface area contributed by atoms with E-state index in [1.807, 2.05) is 0 Å². The van der Waals surface area contributed by atoms with Gasteiger partial charge in [-0.2, -0.15) is 0 Å². The summed E-state index contributed by atoms with van der Waals surface area (Å²) < 4.78 is 30.8. The summed E-state index contributed by atoms with van der Waals surface area (Å²) in [5.74, 6) is 0.563. The summed E-state index contributed by atoms with van der Waals surface area (Å²) in [6.07, 6.45) is -0.984. The minimum Gasteiger partial charge on any atom is -0.508 e. The molecular formula is C17H14F2N2O2. The molecule has 0 unspecified atom stereocenters. The van der Waals surface area contributed by atoms with E-state index in [1.54, 1.807) is 24.4 Å². The number of aromatic hydroxyl groups is 1. The van der Waals surface area contributed by atoms with Gasteiger partial charge in [0.15, 0.2) is 0 Å². The van der Waals surface area contributed by atoms with Crippen LogP contribution in [0.2, 0.25) is 0 Å². The number of aromatic nitrogens is 1. The summed E-state index contributed by atoms with van der Waals surface area (Å²) in [7, 11) is 1.50. The second kappa shape index (κ2) is 6.08. The molecule has 1 aromatic heterocycles. The zero-order valence-electron chi connectivity index (χ0n) is 12.3. The number of pyridine rings is 1. The third-order valence-corrected chi connectivity index (χ3v) is 3.47. The number of nitrogens with zero attached hydrogens (tertiary/aromatic N) is 1. The van der Waals surface area contributed by atoms with Gasteiger partial charge in [-0.15, -0.1) is 0 Å². The van der Waals surface area contributed by atoms with Crippen LogP contribution in [0.15, 0.2) is 48.7 Å². The van der Waals surface area contributed by atoms with Crippen LogP contribution in [0.3, 0.4) is 0 Å². The molecule has 4 nitrogen and oxygen atoms in total. The molecule has 0 atom stereocenters. The van der Waals surface area contributed by atoms with Crippen LogP contribution in [0.4, 0.5) is 20.2 Å². The quantitative estimate of drug-likeness (QED) is 0.689. The van der Waals surface area contributed by atoms with Crippen molar-refractivity contribution in [3.63, 3.8) is 0 Å². The van der Waals surface area contributed by atoms with E-state index in [1.165, 1.54) is 31.4 Å². The molecule has 0 aliphatic heterocycles. The van der Waals surface area contributed by atoms with Crippen molar-refractivity contribution in [2.24, 2.45) is 0 Å². The summed E-state index contributed by atoms with van der Waals surface area (Å²) in [6, 6.07) is 10.8. The first-order valence-electron chi connectivity index (χ1n) is 6.89. The first kappa shape index (κ1) is 15.0. The van der Waals surface area contributed by atoms with Crippen molar-refractivity contribution < 1.29 is 18.6 Å². The lowest BCUT2D eigenvalue weighted by Gasteiger charge is -2.13. The number of hydrogen-bond acceptors (Lipinski definition) is 4. The van der Waals surface area contributed by atoms with E-state index >= 15 is 0 Å². The maximum Gasteiger partial charge on any atom is 0.263 e. The number of rotatable bonds is 4. The lowest BCUT2D eigenvalue weighted by atomic mass is 10.1. The number of phenols is 1. The molecular weight excluding hydrogens is 302 g/mol. The Morgan fingerprint density at radius 2 is 1.91 bits per heavy atom. The maximum absolute atomic E-state index is 12.8. The largest absolute Gasteiger partial charge is 0.508 e. The van der Waals surface area contributed by atoms with Crippen LogP contribution < -0.4 is 10.1 Å². The van der Waals surface area contributed by atoms with Gasteiger partial charge in [0.1, 0.15) is 11.5 Å². The van der Waals surface area contributed by atoms with E-state index in [0.29, 0.717) is 28.0 Å². The number of halogens is 2. The first-order chi connectivity index (χ1) is 11.1. The van der Waals surface area contributed by atoms with Gasteiger partial charge in [0, 0.05) is 28.9 Å². The zero-order chi connectivity index (χ0) is 16.4. The molecule has 2 N–H and O–H groups in total. The normalized spacial score (nSPS) is 11.0. The highest BCUT2D eigenvalue weighted by Crippen LogP contribution is 2.34. The average molecular weight is 316 g/mol. The lowest BCUT2D eigenvalue weighted by molar-refractivity contribution is 0.151. The van der Waals surface area contributed by atoms with Crippen LogP contribution in [0, 0.1) is 0 Å². The van der Waals surface area contributed by atoms with Crippen molar-refractivity contribution in [2.75, 3.05) is 12.4 Å². The second-order valence-corrected chi connectivity index (χ2v) is 4.95. The minimum atomic E-state index is -2.53. The molecule has 0 aliphatic rings. The Bertz CT molecular complexity index is 853. The van der Waals surface area contributed by atoms with Crippen molar-refractivity contribution in [2.45, 2.75) is 6.43 Å². The summed E-state index contributed by atoms with van der Waals surface area (Å²) in [5, 5.41) is 13.4. The van der Waals surface area contributed by atoms with Crippen molar-refractivity contribution in [1.29, 1.82) is 0 Å². The van der Waals surface area contributed by atoms with Crippen molar-refractivity contribution in [3.8, 4) is 11.5 Å². The molecule has 0 bridgehead atoms. The zero-order valence-corrected chi connectivity index (χ0v) is 12.3. The molecule has 0 aliphatic carbocycles. The number of nitrogens with one attached hydrogen (secondary N) is 1. The SMILES string of the molecule is COc1cc(O)ccc1Nc1ccnc2cc(C(F)F)ccc12.